The quantitative estimate of drug-likeness (QED) is 0.778. The lowest BCUT2D eigenvalue weighted by atomic mass is 10.1. The number of H-pyrrole nitrogens is 1. The van der Waals surface area contributed by atoms with Gasteiger partial charge >= 0.3 is 0 Å². The van der Waals surface area contributed by atoms with Crippen LogP contribution in [-0.2, 0) is 6.54 Å². The molecule has 3 aromatic rings. The van der Waals surface area contributed by atoms with E-state index < -0.39 is 0 Å². The molecule has 1 aliphatic heterocycles. The Bertz CT molecular complexity index is 897. The molecule has 0 saturated carbocycles. The van der Waals surface area contributed by atoms with Crippen molar-refractivity contribution in [3.8, 4) is 5.75 Å². The average Bonchev–Trinajstić information content (AvgIpc) is 3.11. The number of aromatic nitrogens is 3. The van der Waals surface area contributed by atoms with E-state index in [2.05, 4.69) is 25.3 Å². The van der Waals surface area contributed by atoms with E-state index in [0.717, 1.165) is 39.5 Å². The van der Waals surface area contributed by atoms with Crippen LogP contribution in [0.5, 0.6) is 5.75 Å². The molecule has 0 unspecified atom stereocenters. The van der Waals surface area contributed by atoms with Gasteiger partial charge in [0.15, 0.2) is 0 Å². The third-order valence-electron chi connectivity index (χ3n) is 3.77. The standard InChI is InChI=1S/C16H15N5O/c1-9-3-12-15(20-9)18-8-19-16(12)21-13-4-10-6-17-7-11(10)5-14(13)22-2/h3-6,8H,7H2,1-2H3,(H2,18,19,20,21). The fraction of sp³-hybridized carbons (Fsp3) is 0.188. The van der Waals surface area contributed by atoms with Gasteiger partial charge in [-0.3, -0.25) is 4.99 Å². The Labute approximate surface area is 127 Å². The summed E-state index contributed by atoms with van der Waals surface area (Å²) in [5.41, 5.74) is 5.02. The number of rotatable bonds is 3. The van der Waals surface area contributed by atoms with Crippen LogP contribution < -0.4 is 10.1 Å². The maximum absolute atomic E-state index is 5.49. The minimum absolute atomic E-state index is 0.709. The number of benzene rings is 1. The molecule has 0 amide bonds. The highest BCUT2D eigenvalue weighted by Gasteiger charge is 2.14. The number of hydrogen-bond donors (Lipinski definition) is 2. The molecule has 110 valence electrons. The SMILES string of the molecule is COc1cc2c(cc1Nc1ncnc3[nH]c(C)cc13)C=NC2. The van der Waals surface area contributed by atoms with E-state index in [4.69, 9.17) is 4.74 Å². The van der Waals surface area contributed by atoms with E-state index in [0.29, 0.717) is 6.54 Å². The summed E-state index contributed by atoms with van der Waals surface area (Å²) in [6, 6.07) is 6.09. The van der Waals surface area contributed by atoms with Crippen molar-refractivity contribution in [3.05, 3.63) is 41.3 Å². The molecule has 1 aliphatic rings. The van der Waals surface area contributed by atoms with Gasteiger partial charge in [0, 0.05) is 11.9 Å². The van der Waals surface area contributed by atoms with Crippen LogP contribution in [0.2, 0.25) is 0 Å². The van der Waals surface area contributed by atoms with Crippen molar-refractivity contribution in [3.63, 3.8) is 0 Å². The lowest BCUT2D eigenvalue weighted by Crippen LogP contribution is -2.00. The fourth-order valence-corrected chi connectivity index (χ4v) is 2.70. The van der Waals surface area contributed by atoms with Gasteiger partial charge in [-0.15, -0.1) is 0 Å². The third kappa shape index (κ3) is 2.00. The molecule has 0 saturated heterocycles. The van der Waals surface area contributed by atoms with Gasteiger partial charge < -0.3 is 15.0 Å². The van der Waals surface area contributed by atoms with Crippen molar-refractivity contribution in [2.45, 2.75) is 13.5 Å². The molecule has 0 atom stereocenters. The van der Waals surface area contributed by atoms with Crippen LogP contribution in [0, 0.1) is 6.92 Å². The third-order valence-corrected chi connectivity index (χ3v) is 3.77. The van der Waals surface area contributed by atoms with Gasteiger partial charge in [0.05, 0.1) is 24.7 Å². The second-order valence-electron chi connectivity index (χ2n) is 5.28. The minimum atomic E-state index is 0.709. The predicted octanol–water partition coefficient (Wildman–Crippen LogP) is 2.95. The zero-order valence-electron chi connectivity index (χ0n) is 12.3. The molecule has 3 heterocycles. The highest BCUT2D eigenvalue weighted by Crippen LogP contribution is 2.33. The van der Waals surface area contributed by atoms with Gasteiger partial charge in [-0.25, -0.2) is 9.97 Å². The van der Waals surface area contributed by atoms with Gasteiger partial charge in [0.2, 0.25) is 0 Å². The second kappa shape index (κ2) is 4.84. The lowest BCUT2D eigenvalue weighted by Gasteiger charge is -2.13. The van der Waals surface area contributed by atoms with Crippen LogP contribution in [0.1, 0.15) is 16.8 Å². The predicted molar refractivity (Wildman–Crippen MR) is 86.2 cm³/mol. The molecule has 6 nitrogen and oxygen atoms in total. The van der Waals surface area contributed by atoms with Crippen molar-refractivity contribution in [1.82, 2.24) is 15.0 Å². The topological polar surface area (TPSA) is 75.2 Å². The van der Waals surface area contributed by atoms with Gasteiger partial charge in [0.1, 0.15) is 23.5 Å². The zero-order chi connectivity index (χ0) is 15.1. The molecular formula is C16H15N5O. The number of aryl methyl sites for hydroxylation is 1. The first kappa shape index (κ1) is 12.8. The number of anilines is 2. The summed E-state index contributed by atoms with van der Waals surface area (Å²) in [6.07, 6.45) is 3.43. The first-order chi connectivity index (χ1) is 10.7. The normalized spacial score (nSPS) is 12.6. The van der Waals surface area contributed by atoms with Crippen molar-refractivity contribution in [2.75, 3.05) is 12.4 Å². The van der Waals surface area contributed by atoms with E-state index >= 15 is 0 Å². The fourth-order valence-electron chi connectivity index (χ4n) is 2.70. The Morgan fingerprint density at radius 3 is 3.00 bits per heavy atom. The highest BCUT2D eigenvalue weighted by molar-refractivity contribution is 5.92. The number of ether oxygens (including phenoxy) is 1. The first-order valence-corrected chi connectivity index (χ1v) is 7.02. The summed E-state index contributed by atoms with van der Waals surface area (Å²) in [7, 11) is 1.67. The van der Waals surface area contributed by atoms with Crippen LogP contribution in [0.3, 0.4) is 0 Å². The van der Waals surface area contributed by atoms with Crippen molar-refractivity contribution in [2.24, 2.45) is 4.99 Å². The van der Waals surface area contributed by atoms with E-state index in [1.807, 2.05) is 31.3 Å². The first-order valence-electron chi connectivity index (χ1n) is 7.02. The Morgan fingerprint density at radius 2 is 2.14 bits per heavy atom. The van der Waals surface area contributed by atoms with E-state index in [-0.39, 0.29) is 0 Å². The van der Waals surface area contributed by atoms with Crippen LogP contribution in [-0.4, -0.2) is 28.3 Å². The number of fused-ring (bicyclic) bond motifs is 2. The average molecular weight is 293 g/mol. The van der Waals surface area contributed by atoms with Crippen molar-refractivity contribution in [1.29, 1.82) is 0 Å². The Hall–Kier alpha value is -2.89. The second-order valence-corrected chi connectivity index (χ2v) is 5.28. The Morgan fingerprint density at radius 1 is 1.23 bits per heavy atom. The summed E-state index contributed by atoms with van der Waals surface area (Å²) in [5.74, 6) is 1.53. The van der Waals surface area contributed by atoms with Crippen molar-refractivity contribution >= 4 is 28.8 Å². The lowest BCUT2D eigenvalue weighted by molar-refractivity contribution is 0.416. The van der Waals surface area contributed by atoms with E-state index in [1.54, 1.807) is 13.4 Å². The largest absolute Gasteiger partial charge is 0.495 e. The summed E-state index contributed by atoms with van der Waals surface area (Å²) in [6.45, 7) is 2.71. The summed E-state index contributed by atoms with van der Waals surface area (Å²) >= 11 is 0. The maximum atomic E-state index is 5.49. The molecule has 0 spiro atoms. The summed E-state index contributed by atoms with van der Waals surface area (Å²) < 4.78 is 5.49. The maximum Gasteiger partial charge on any atom is 0.143 e. The molecule has 6 heteroatoms. The number of methoxy groups -OCH3 is 1. The Balaban J connectivity index is 1.80. The summed E-state index contributed by atoms with van der Waals surface area (Å²) in [4.78, 5) is 16.1. The van der Waals surface area contributed by atoms with E-state index in [1.165, 1.54) is 5.56 Å². The minimum Gasteiger partial charge on any atom is -0.495 e. The van der Waals surface area contributed by atoms with Crippen LogP contribution >= 0.6 is 0 Å². The Kier molecular flexibility index (Phi) is 2.82. The van der Waals surface area contributed by atoms with Gasteiger partial charge in [0.25, 0.3) is 0 Å². The highest BCUT2D eigenvalue weighted by atomic mass is 16.5. The molecule has 0 radical (unpaired) electrons. The molecule has 1 aromatic carbocycles. The number of hydrogen-bond acceptors (Lipinski definition) is 5. The number of aliphatic imine (C=N–C) groups is 1. The van der Waals surface area contributed by atoms with Crippen LogP contribution in [0.4, 0.5) is 11.5 Å². The van der Waals surface area contributed by atoms with E-state index in [9.17, 15) is 0 Å². The molecule has 0 aliphatic carbocycles. The molecule has 0 fully saturated rings. The molecule has 2 aromatic heterocycles. The number of nitrogens with zero attached hydrogens (tertiary/aromatic N) is 3. The van der Waals surface area contributed by atoms with Crippen LogP contribution in [0.25, 0.3) is 11.0 Å². The van der Waals surface area contributed by atoms with Crippen LogP contribution in [0.15, 0.2) is 29.5 Å². The zero-order valence-corrected chi connectivity index (χ0v) is 12.3. The molecule has 4 rings (SSSR count). The smallest absolute Gasteiger partial charge is 0.143 e. The van der Waals surface area contributed by atoms with Gasteiger partial charge in [-0.2, -0.15) is 0 Å². The number of aromatic amines is 1. The summed E-state index contributed by atoms with van der Waals surface area (Å²) in [5, 5.41) is 4.31. The molecule has 0 bridgehead atoms. The van der Waals surface area contributed by atoms with Crippen molar-refractivity contribution < 1.29 is 4.74 Å². The number of nitrogens with one attached hydrogen (secondary N) is 2. The molecule has 2 N–H and O–H groups in total. The monoisotopic (exact) mass is 293 g/mol. The van der Waals surface area contributed by atoms with Gasteiger partial charge in [-0.1, -0.05) is 0 Å². The van der Waals surface area contributed by atoms with Gasteiger partial charge in [-0.05, 0) is 36.2 Å². The molecular weight excluding hydrogens is 278 g/mol. The molecule has 22 heavy (non-hydrogen) atoms.